The Labute approximate surface area is 154 Å². The van der Waals surface area contributed by atoms with Crippen LogP contribution in [0.4, 0.5) is 10.1 Å². The van der Waals surface area contributed by atoms with Crippen LogP contribution >= 0.6 is 11.6 Å². The molecule has 0 atom stereocenters. The molecule has 1 N–H and O–H groups in total. The van der Waals surface area contributed by atoms with Crippen molar-refractivity contribution in [2.24, 2.45) is 0 Å². The van der Waals surface area contributed by atoms with Gasteiger partial charge in [0, 0.05) is 19.0 Å². The summed E-state index contributed by atoms with van der Waals surface area (Å²) in [5.74, 6) is 1.64. The number of hydrogen-bond donors (Lipinski definition) is 1. The number of fused-ring (bicyclic) bond motifs is 1. The Morgan fingerprint density at radius 2 is 1.85 bits per heavy atom. The van der Waals surface area contributed by atoms with Crippen molar-refractivity contribution in [1.82, 2.24) is 9.97 Å². The number of rotatable bonds is 4. The van der Waals surface area contributed by atoms with Gasteiger partial charge >= 0.3 is 0 Å². The standard InChI is InChI=1S/C19H15ClFN3O2/c1-22-18-17(12-4-7-14-15(9-12)26-10-25-14)23-16(24-19(18)20)8-11-2-5-13(21)6-3-11/h2-7,9,22H,8,10H2,1H3. The molecule has 0 amide bonds. The molecule has 26 heavy (non-hydrogen) atoms. The highest BCUT2D eigenvalue weighted by molar-refractivity contribution is 6.32. The van der Waals surface area contributed by atoms with Crippen molar-refractivity contribution in [3.63, 3.8) is 0 Å². The summed E-state index contributed by atoms with van der Waals surface area (Å²) in [6, 6.07) is 11.8. The molecule has 5 nitrogen and oxygen atoms in total. The number of aromatic nitrogens is 2. The van der Waals surface area contributed by atoms with Crippen LogP contribution in [-0.2, 0) is 6.42 Å². The molecule has 3 aromatic rings. The number of nitrogens with zero attached hydrogens (tertiary/aromatic N) is 2. The van der Waals surface area contributed by atoms with E-state index in [1.807, 2.05) is 18.2 Å². The quantitative estimate of drug-likeness (QED) is 0.693. The number of hydrogen-bond acceptors (Lipinski definition) is 5. The predicted octanol–water partition coefficient (Wildman–Crippen LogP) is 4.30. The van der Waals surface area contributed by atoms with E-state index < -0.39 is 0 Å². The highest BCUT2D eigenvalue weighted by Gasteiger charge is 2.18. The fourth-order valence-corrected chi connectivity index (χ4v) is 3.10. The van der Waals surface area contributed by atoms with Crippen LogP contribution in [0.3, 0.4) is 0 Å². The van der Waals surface area contributed by atoms with Crippen molar-refractivity contribution in [3.8, 4) is 22.8 Å². The maximum Gasteiger partial charge on any atom is 0.231 e. The molecule has 2 heterocycles. The maximum absolute atomic E-state index is 13.1. The molecule has 0 radical (unpaired) electrons. The van der Waals surface area contributed by atoms with Gasteiger partial charge < -0.3 is 14.8 Å². The molecule has 1 aliphatic rings. The minimum Gasteiger partial charge on any atom is -0.454 e. The highest BCUT2D eigenvalue weighted by atomic mass is 35.5. The molecule has 0 bridgehead atoms. The lowest BCUT2D eigenvalue weighted by molar-refractivity contribution is 0.174. The zero-order valence-electron chi connectivity index (χ0n) is 13.9. The summed E-state index contributed by atoms with van der Waals surface area (Å²) in [5.41, 5.74) is 3.04. The summed E-state index contributed by atoms with van der Waals surface area (Å²) in [6.07, 6.45) is 0.446. The minimum atomic E-state index is -0.278. The van der Waals surface area contributed by atoms with Gasteiger partial charge in [0.1, 0.15) is 11.6 Å². The van der Waals surface area contributed by atoms with Crippen molar-refractivity contribution < 1.29 is 13.9 Å². The van der Waals surface area contributed by atoms with E-state index in [9.17, 15) is 4.39 Å². The number of halogens is 2. The van der Waals surface area contributed by atoms with E-state index in [1.165, 1.54) is 12.1 Å². The molecule has 4 rings (SSSR count). The Hall–Kier alpha value is -2.86. The number of anilines is 1. The topological polar surface area (TPSA) is 56.3 Å². The Bertz CT molecular complexity index is 964. The second-order valence-corrected chi connectivity index (χ2v) is 6.13. The van der Waals surface area contributed by atoms with Crippen LogP contribution in [-0.4, -0.2) is 23.8 Å². The average Bonchev–Trinajstić information content (AvgIpc) is 3.11. The molecule has 132 valence electrons. The van der Waals surface area contributed by atoms with Gasteiger partial charge in [-0.05, 0) is 35.9 Å². The predicted molar refractivity (Wildman–Crippen MR) is 97.4 cm³/mol. The van der Waals surface area contributed by atoms with Crippen LogP contribution < -0.4 is 14.8 Å². The Morgan fingerprint density at radius 1 is 1.08 bits per heavy atom. The zero-order valence-corrected chi connectivity index (χ0v) is 14.7. The first-order valence-corrected chi connectivity index (χ1v) is 8.40. The van der Waals surface area contributed by atoms with E-state index in [1.54, 1.807) is 19.2 Å². The first-order valence-electron chi connectivity index (χ1n) is 8.02. The van der Waals surface area contributed by atoms with Crippen LogP contribution in [0.2, 0.25) is 5.15 Å². The average molecular weight is 372 g/mol. The van der Waals surface area contributed by atoms with Crippen LogP contribution in [0, 0.1) is 5.82 Å². The van der Waals surface area contributed by atoms with Crippen molar-refractivity contribution in [1.29, 1.82) is 0 Å². The molecule has 0 unspecified atom stereocenters. The summed E-state index contributed by atoms with van der Waals surface area (Å²) in [5, 5.41) is 3.38. The molecule has 0 saturated carbocycles. The van der Waals surface area contributed by atoms with Crippen molar-refractivity contribution in [2.75, 3.05) is 19.2 Å². The van der Waals surface area contributed by atoms with E-state index in [2.05, 4.69) is 15.3 Å². The smallest absolute Gasteiger partial charge is 0.231 e. The summed E-state index contributed by atoms with van der Waals surface area (Å²) < 4.78 is 23.9. The molecule has 0 aliphatic carbocycles. The Morgan fingerprint density at radius 3 is 2.62 bits per heavy atom. The second-order valence-electron chi connectivity index (χ2n) is 5.78. The fourth-order valence-electron chi connectivity index (χ4n) is 2.82. The normalized spacial score (nSPS) is 12.3. The molecular weight excluding hydrogens is 357 g/mol. The lowest BCUT2D eigenvalue weighted by atomic mass is 10.1. The molecule has 0 fully saturated rings. The second kappa shape index (κ2) is 6.80. The first kappa shape index (κ1) is 16.6. The van der Waals surface area contributed by atoms with Crippen molar-refractivity contribution >= 4 is 17.3 Å². The molecule has 2 aromatic carbocycles. The van der Waals surface area contributed by atoms with Crippen LogP contribution in [0.5, 0.6) is 11.5 Å². The van der Waals surface area contributed by atoms with Gasteiger partial charge in [-0.15, -0.1) is 0 Å². The Balaban J connectivity index is 1.75. The maximum atomic E-state index is 13.1. The lowest BCUT2D eigenvalue weighted by Crippen LogP contribution is -2.04. The summed E-state index contributed by atoms with van der Waals surface area (Å²) >= 11 is 6.36. The van der Waals surface area contributed by atoms with E-state index in [4.69, 9.17) is 21.1 Å². The van der Waals surface area contributed by atoms with Gasteiger partial charge in [-0.25, -0.2) is 14.4 Å². The largest absolute Gasteiger partial charge is 0.454 e. The number of ether oxygens (including phenoxy) is 2. The summed E-state index contributed by atoms with van der Waals surface area (Å²) in [7, 11) is 1.76. The third kappa shape index (κ3) is 3.15. The lowest BCUT2D eigenvalue weighted by Gasteiger charge is -2.12. The van der Waals surface area contributed by atoms with E-state index in [-0.39, 0.29) is 12.6 Å². The van der Waals surface area contributed by atoms with Gasteiger partial charge in [-0.3, -0.25) is 0 Å². The van der Waals surface area contributed by atoms with Crippen molar-refractivity contribution in [2.45, 2.75) is 6.42 Å². The van der Waals surface area contributed by atoms with Gasteiger partial charge in [0.25, 0.3) is 0 Å². The van der Waals surface area contributed by atoms with Crippen molar-refractivity contribution in [3.05, 3.63) is 64.8 Å². The monoisotopic (exact) mass is 371 g/mol. The number of benzene rings is 2. The molecule has 1 aliphatic heterocycles. The van der Waals surface area contributed by atoms with Gasteiger partial charge in [0.15, 0.2) is 16.7 Å². The molecule has 1 aromatic heterocycles. The third-order valence-corrected chi connectivity index (χ3v) is 4.36. The van der Waals surface area contributed by atoms with Crippen LogP contribution in [0.15, 0.2) is 42.5 Å². The van der Waals surface area contributed by atoms with Gasteiger partial charge in [0.05, 0.1) is 11.4 Å². The van der Waals surface area contributed by atoms with Gasteiger partial charge in [-0.1, -0.05) is 23.7 Å². The zero-order chi connectivity index (χ0) is 18.1. The van der Waals surface area contributed by atoms with Gasteiger partial charge in [-0.2, -0.15) is 0 Å². The Kier molecular flexibility index (Phi) is 4.34. The summed E-state index contributed by atoms with van der Waals surface area (Å²) in [6.45, 7) is 0.206. The van der Waals surface area contributed by atoms with Gasteiger partial charge in [0.2, 0.25) is 6.79 Å². The van der Waals surface area contributed by atoms with E-state index >= 15 is 0 Å². The third-order valence-electron chi connectivity index (χ3n) is 4.08. The SMILES string of the molecule is CNc1c(Cl)nc(Cc2ccc(F)cc2)nc1-c1ccc2c(c1)OCO2. The van der Waals surface area contributed by atoms with E-state index in [0.717, 1.165) is 11.1 Å². The van der Waals surface area contributed by atoms with Crippen LogP contribution in [0.1, 0.15) is 11.4 Å². The first-order chi connectivity index (χ1) is 12.6. The fraction of sp³-hybridized carbons (Fsp3) is 0.158. The molecule has 0 saturated heterocycles. The highest BCUT2D eigenvalue weighted by Crippen LogP contribution is 2.38. The summed E-state index contributed by atoms with van der Waals surface area (Å²) in [4.78, 5) is 9.03. The molecular formula is C19H15ClFN3O2. The minimum absolute atomic E-state index is 0.206. The molecule has 7 heteroatoms. The van der Waals surface area contributed by atoms with Crippen LogP contribution in [0.25, 0.3) is 11.3 Å². The van der Waals surface area contributed by atoms with E-state index in [0.29, 0.717) is 40.3 Å². The molecule has 0 spiro atoms. The number of nitrogens with one attached hydrogen (secondary N) is 1.